The number of nitrogens with one attached hydrogen (secondary N) is 1. The molecule has 0 bridgehead atoms. The summed E-state index contributed by atoms with van der Waals surface area (Å²) in [5.41, 5.74) is 2.16. The highest BCUT2D eigenvalue weighted by atomic mass is 16.5. The Morgan fingerprint density at radius 1 is 1.32 bits per heavy atom. The summed E-state index contributed by atoms with van der Waals surface area (Å²) in [5.74, 6) is 2.86. The van der Waals surface area contributed by atoms with Crippen molar-refractivity contribution < 1.29 is 9.26 Å². The molecule has 1 N–H and O–H groups in total. The Bertz CT molecular complexity index is 677. The molecule has 0 aliphatic carbocycles. The molecule has 6 heteroatoms. The van der Waals surface area contributed by atoms with E-state index >= 15 is 0 Å². The molecule has 0 saturated carbocycles. The third-order valence-corrected chi connectivity index (χ3v) is 3.82. The normalized spacial score (nSPS) is 11.7. The van der Waals surface area contributed by atoms with Crippen LogP contribution >= 0.6 is 0 Å². The van der Waals surface area contributed by atoms with Gasteiger partial charge in [-0.1, -0.05) is 31.1 Å². The second-order valence-electron chi connectivity index (χ2n) is 6.21. The molecule has 0 radical (unpaired) electrons. The van der Waals surface area contributed by atoms with Gasteiger partial charge >= 0.3 is 0 Å². The zero-order valence-electron chi connectivity index (χ0n) is 15.7. The summed E-state index contributed by atoms with van der Waals surface area (Å²) in [7, 11) is 3.78. The molecule has 25 heavy (non-hydrogen) atoms. The van der Waals surface area contributed by atoms with Crippen LogP contribution in [0.1, 0.15) is 43.7 Å². The smallest absolute Gasteiger partial charge is 0.194 e. The molecular weight excluding hydrogens is 316 g/mol. The first-order valence-corrected chi connectivity index (χ1v) is 8.62. The van der Waals surface area contributed by atoms with Crippen molar-refractivity contribution in [2.75, 3.05) is 20.7 Å². The van der Waals surface area contributed by atoms with Crippen molar-refractivity contribution in [1.29, 1.82) is 0 Å². The molecule has 2 rings (SSSR count). The molecule has 0 amide bonds. The number of guanidine groups is 1. The van der Waals surface area contributed by atoms with Crippen LogP contribution in [0.5, 0.6) is 5.75 Å². The Balaban J connectivity index is 1.90. The second-order valence-corrected chi connectivity index (χ2v) is 6.21. The Hall–Kier alpha value is -2.50. The molecule has 0 aliphatic heterocycles. The van der Waals surface area contributed by atoms with Crippen LogP contribution in [0.4, 0.5) is 0 Å². The maximum absolute atomic E-state index is 5.47. The van der Waals surface area contributed by atoms with Gasteiger partial charge in [0.1, 0.15) is 5.75 Å². The zero-order chi connectivity index (χ0) is 18.2. The standard InChI is InChI=1S/C19H28N4O2/c1-6-24-16-9-7-15(8-10-16)13-23(5)19(20-4)21-12-17-11-18(14(2)3)22-25-17/h7-11,14H,6,12-13H2,1-5H3,(H,20,21). The van der Waals surface area contributed by atoms with Crippen LogP contribution in [-0.2, 0) is 13.1 Å². The molecule has 0 fully saturated rings. The van der Waals surface area contributed by atoms with E-state index in [0.717, 1.165) is 29.7 Å². The summed E-state index contributed by atoms with van der Waals surface area (Å²) in [5, 5.41) is 7.38. The van der Waals surface area contributed by atoms with Crippen molar-refractivity contribution in [2.24, 2.45) is 4.99 Å². The molecule has 1 aromatic carbocycles. The first-order valence-electron chi connectivity index (χ1n) is 8.62. The predicted octanol–water partition coefficient (Wildman–Crippen LogP) is 3.40. The fraction of sp³-hybridized carbons (Fsp3) is 0.474. The quantitative estimate of drug-likeness (QED) is 0.616. The van der Waals surface area contributed by atoms with E-state index in [9.17, 15) is 0 Å². The van der Waals surface area contributed by atoms with Gasteiger partial charge in [0.2, 0.25) is 0 Å². The molecular formula is C19H28N4O2. The van der Waals surface area contributed by atoms with E-state index in [2.05, 4.69) is 46.3 Å². The average molecular weight is 344 g/mol. The van der Waals surface area contributed by atoms with Crippen molar-refractivity contribution in [3.63, 3.8) is 0 Å². The van der Waals surface area contributed by atoms with Crippen LogP contribution in [0.2, 0.25) is 0 Å². The summed E-state index contributed by atoms with van der Waals surface area (Å²) in [6.45, 7) is 8.16. The highest BCUT2D eigenvalue weighted by molar-refractivity contribution is 5.79. The SMILES string of the molecule is CCOc1ccc(CN(C)C(=NC)NCc2cc(C(C)C)no2)cc1. The van der Waals surface area contributed by atoms with Gasteiger partial charge in [-0.25, -0.2) is 0 Å². The minimum atomic E-state index is 0.360. The van der Waals surface area contributed by atoms with E-state index < -0.39 is 0 Å². The summed E-state index contributed by atoms with van der Waals surface area (Å²) in [6, 6.07) is 10.1. The zero-order valence-corrected chi connectivity index (χ0v) is 15.7. The van der Waals surface area contributed by atoms with E-state index in [1.165, 1.54) is 5.56 Å². The van der Waals surface area contributed by atoms with Gasteiger partial charge in [-0.15, -0.1) is 0 Å². The summed E-state index contributed by atoms with van der Waals surface area (Å²) in [4.78, 5) is 6.40. The predicted molar refractivity (Wildman–Crippen MR) is 99.9 cm³/mol. The minimum absolute atomic E-state index is 0.360. The van der Waals surface area contributed by atoms with Gasteiger partial charge in [-0.05, 0) is 30.5 Å². The Kier molecular flexibility index (Phi) is 6.86. The third kappa shape index (κ3) is 5.52. The van der Waals surface area contributed by atoms with Gasteiger partial charge in [0.05, 0.1) is 18.8 Å². The molecule has 0 atom stereocenters. The monoisotopic (exact) mass is 344 g/mol. The lowest BCUT2D eigenvalue weighted by molar-refractivity contribution is 0.340. The highest BCUT2D eigenvalue weighted by Gasteiger charge is 2.10. The number of hydrogen-bond acceptors (Lipinski definition) is 4. The Labute approximate surface area is 149 Å². The van der Waals surface area contributed by atoms with Gasteiger partial charge in [-0.2, -0.15) is 0 Å². The maximum atomic E-state index is 5.47. The number of ether oxygens (including phenoxy) is 1. The van der Waals surface area contributed by atoms with Crippen molar-refractivity contribution in [1.82, 2.24) is 15.4 Å². The number of aliphatic imine (C=N–C) groups is 1. The van der Waals surface area contributed by atoms with E-state index in [-0.39, 0.29) is 0 Å². The lowest BCUT2D eigenvalue weighted by Gasteiger charge is -2.21. The fourth-order valence-electron chi connectivity index (χ4n) is 2.44. The number of benzene rings is 1. The van der Waals surface area contributed by atoms with Crippen LogP contribution in [0.3, 0.4) is 0 Å². The van der Waals surface area contributed by atoms with Crippen molar-refractivity contribution in [3.05, 3.63) is 47.3 Å². The molecule has 1 heterocycles. The topological polar surface area (TPSA) is 62.9 Å². The van der Waals surface area contributed by atoms with Crippen molar-refractivity contribution in [2.45, 2.75) is 39.8 Å². The van der Waals surface area contributed by atoms with Crippen molar-refractivity contribution in [3.8, 4) is 5.75 Å². The first-order chi connectivity index (χ1) is 12.0. The van der Waals surface area contributed by atoms with Gasteiger partial charge in [0.25, 0.3) is 0 Å². The fourth-order valence-corrected chi connectivity index (χ4v) is 2.44. The molecule has 2 aromatic rings. The molecule has 136 valence electrons. The second kappa shape index (κ2) is 9.11. The van der Waals surface area contributed by atoms with Crippen LogP contribution in [-0.4, -0.2) is 36.7 Å². The van der Waals surface area contributed by atoms with Gasteiger partial charge < -0.3 is 19.5 Å². The maximum Gasteiger partial charge on any atom is 0.194 e. The lowest BCUT2D eigenvalue weighted by Crippen LogP contribution is -2.37. The Morgan fingerprint density at radius 2 is 2.04 bits per heavy atom. The number of nitrogens with zero attached hydrogens (tertiary/aromatic N) is 3. The van der Waals surface area contributed by atoms with E-state index in [4.69, 9.17) is 9.26 Å². The highest BCUT2D eigenvalue weighted by Crippen LogP contribution is 2.15. The van der Waals surface area contributed by atoms with Crippen LogP contribution in [0.25, 0.3) is 0 Å². The summed E-state index contributed by atoms with van der Waals surface area (Å²) in [6.07, 6.45) is 0. The third-order valence-electron chi connectivity index (χ3n) is 3.82. The number of hydrogen-bond donors (Lipinski definition) is 1. The van der Waals surface area contributed by atoms with Crippen LogP contribution < -0.4 is 10.1 Å². The van der Waals surface area contributed by atoms with Crippen molar-refractivity contribution >= 4 is 5.96 Å². The van der Waals surface area contributed by atoms with Crippen LogP contribution in [0.15, 0.2) is 39.8 Å². The molecule has 6 nitrogen and oxygen atoms in total. The average Bonchev–Trinajstić information content (AvgIpc) is 3.07. The molecule has 1 aromatic heterocycles. The first kappa shape index (κ1) is 18.8. The lowest BCUT2D eigenvalue weighted by atomic mass is 10.1. The van der Waals surface area contributed by atoms with Gasteiger partial charge in [-0.3, -0.25) is 4.99 Å². The van der Waals surface area contributed by atoms with E-state index in [0.29, 0.717) is 19.1 Å². The molecule has 0 aliphatic rings. The van der Waals surface area contributed by atoms with E-state index in [1.54, 1.807) is 7.05 Å². The molecule has 0 saturated heterocycles. The minimum Gasteiger partial charge on any atom is -0.494 e. The number of aromatic nitrogens is 1. The summed E-state index contributed by atoms with van der Waals surface area (Å²) < 4.78 is 10.8. The Morgan fingerprint density at radius 3 is 2.60 bits per heavy atom. The van der Waals surface area contributed by atoms with Gasteiger partial charge in [0.15, 0.2) is 11.7 Å². The molecule has 0 unspecified atom stereocenters. The van der Waals surface area contributed by atoms with E-state index in [1.807, 2.05) is 32.2 Å². The van der Waals surface area contributed by atoms with Crippen LogP contribution in [0, 0.1) is 0 Å². The van der Waals surface area contributed by atoms with Gasteiger partial charge in [0, 0.05) is 26.7 Å². The largest absolute Gasteiger partial charge is 0.494 e. The molecule has 0 spiro atoms. The summed E-state index contributed by atoms with van der Waals surface area (Å²) >= 11 is 0. The number of rotatable bonds is 7.